The number of halogens is 1. The molecule has 0 bridgehead atoms. The molecule has 2 aromatic heterocycles. The van der Waals surface area contributed by atoms with Gasteiger partial charge in [0.1, 0.15) is 0 Å². The first-order valence-electron chi connectivity index (χ1n) is 9.79. The third kappa shape index (κ3) is 5.97. The molecule has 4 rings (SSSR count). The summed E-state index contributed by atoms with van der Waals surface area (Å²) in [5.41, 5.74) is 3.21. The zero-order chi connectivity index (χ0) is 21.5. The molecule has 31 heavy (non-hydrogen) atoms. The van der Waals surface area contributed by atoms with Crippen LogP contribution in [0, 0.1) is 0 Å². The summed E-state index contributed by atoms with van der Waals surface area (Å²) in [6.45, 7) is 0.962. The number of thiophene rings is 1. The SMILES string of the molecule is O=C(Cc1ccsc1)NCc1nnc(SCc2ccccc2Cl)n1Cc1ccccc1. The minimum Gasteiger partial charge on any atom is -0.349 e. The first-order valence-corrected chi connectivity index (χ1v) is 12.1. The third-order valence-corrected chi connectivity index (χ3v) is 6.80. The van der Waals surface area contributed by atoms with Crippen molar-refractivity contribution in [1.82, 2.24) is 20.1 Å². The molecule has 1 amide bonds. The molecule has 0 aliphatic carbocycles. The first kappa shape index (κ1) is 21.6. The van der Waals surface area contributed by atoms with E-state index in [1.54, 1.807) is 23.1 Å². The largest absolute Gasteiger partial charge is 0.349 e. The highest BCUT2D eigenvalue weighted by Crippen LogP contribution is 2.26. The fourth-order valence-corrected chi connectivity index (χ4v) is 4.97. The summed E-state index contributed by atoms with van der Waals surface area (Å²) in [7, 11) is 0. The molecule has 0 atom stereocenters. The Hall–Kier alpha value is -2.61. The molecule has 0 saturated carbocycles. The number of amides is 1. The third-order valence-electron chi connectivity index (χ3n) is 4.68. The van der Waals surface area contributed by atoms with E-state index >= 15 is 0 Å². The van der Waals surface area contributed by atoms with Crippen LogP contribution in [-0.4, -0.2) is 20.7 Å². The Bertz CT molecular complexity index is 1130. The fraction of sp³-hybridized carbons (Fsp3) is 0.174. The molecular weight excluding hydrogens is 448 g/mol. The molecule has 5 nitrogen and oxygen atoms in total. The van der Waals surface area contributed by atoms with Crippen molar-refractivity contribution >= 4 is 40.6 Å². The van der Waals surface area contributed by atoms with E-state index in [1.165, 1.54) is 0 Å². The molecule has 158 valence electrons. The molecule has 1 N–H and O–H groups in total. The van der Waals surface area contributed by atoms with E-state index in [4.69, 9.17) is 11.6 Å². The average molecular weight is 469 g/mol. The van der Waals surface area contributed by atoms with Gasteiger partial charge in [-0.1, -0.05) is 71.9 Å². The van der Waals surface area contributed by atoms with Crippen LogP contribution in [0.5, 0.6) is 0 Å². The lowest BCUT2D eigenvalue weighted by atomic mass is 10.2. The van der Waals surface area contributed by atoms with Gasteiger partial charge in [0.2, 0.25) is 5.91 Å². The van der Waals surface area contributed by atoms with Gasteiger partial charge in [-0.05, 0) is 39.6 Å². The van der Waals surface area contributed by atoms with Gasteiger partial charge in [0.05, 0.1) is 19.5 Å². The van der Waals surface area contributed by atoms with Gasteiger partial charge in [-0.2, -0.15) is 11.3 Å². The summed E-state index contributed by atoms with van der Waals surface area (Å²) in [6, 6.07) is 19.9. The van der Waals surface area contributed by atoms with Gasteiger partial charge >= 0.3 is 0 Å². The van der Waals surface area contributed by atoms with Crippen LogP contribution in [0.1, 0.15) is 22.5 Å². The zero-order valence-corrected chi connectivity index (χ0v) is 19.1. The Morgan fingerprint density at radius 2 is 1.84 bits per heavy atom. The standard InChI is InChI=1S/C23H21ClN4OS2/c24-20-9-5-4-8-19(20)16-31-23-27-26-21(28(23)14-17-6-2-1-3-7-17)13-25-22(29)12-18-10-11-30-15-18/h1-11,15H,12-14,16H2,(H,25,29). The van der Waals surface area contributed by atoms with E-state index in [-0.39, 0.29) is 5.91 Å². The van der Waals surface area contributed by atoms with E-state index in [2.05, 4.69) is 32.2 Å². The maximum Gasteiger partial charge on any atom is 0.224 e. The van der Waals surface area contributed by atoms with Crippen molar-refractivity contribution in [2.24, 2.45) is 0 Å². The molecule has 4 aromatic rings. The minimum atomic E-state index is -0.0297. The van der Waals surface area contributed by atoms with Gasteiger partial charge in [-0.15, -0.1) is 10.2 Å². The lowest BCUT2D eigenvalue weighted by molar-refractivity contribution is -0.120. The summed E-state index contributed by atoms with van der Waals surface area (Å²) in [5, 5.41) is 17.2. The Morgan fingerprint density at radius 3 is 2.61 bits per heavy atom. The normalized spacial score (nSPS) is 10.9. The summed E-state index contributed by atoms with van der Waals surface area (Å²) >= 11 is 9.48. The number of hydrogen-bond acceptors (Lipinski definition) is 5. The first-order chi connectivity index (χ1) is 15.2. The second-order valence-electron chi connectivity index (χ2n) is 6.94. The predicted octanol–water partition coefficient (Wildman–Crippen LogP) is 5.19. The molecular formula is C23H21ClN4OS2. The van der Waals surface area contributed by atoms with Crippen molar-refractivity contribution in [3.8, 4) is 0 Å². The van der Waals surface area contributed by atoms with Crippen molar-refractivity contribution in [3.63, 3.8) is 0 Å². The highest BCUT2D eigenvalue weighted by atomic mass is 35.5. The van der Waals surface area contributed by atoms with Crippen LogP contribution in [0.25, 0.3) is 0 Å². The molecule has 2 aromatic carbocycles. The van der Waals surface area contributed by atoms with Crippen LogP contribution in [-0.2, 0) is 30.1 Å². The molecule has 0 saturated heterocycles. The molecule has 2 heterocycles. The second kappa shape index (κ2) is 10.6. The second-order valence-corrected chi connectivity index (χ2v) is 9.07. The number of aromatic nitrogens is 3. The molecule has 0 unspecified atom stereocenters. The summed E-state index contributed by atoms with van der Waals surface area (Å²) in [5.74, 6) is 1.39. The van der Waals surface area contributed by atoms with Gasteiger partial charge in [0.25, 0.3) is 0 Å². The fourth-order valence-electron chi connectivity index (χ4n) is 3.06. The Morgan fingerprint density at radius 1 is 1.03 bits per heavy atom. The molecule has 0 radical (unpaired) electrons. The smallest absolute Gasteiger partial charge is 0.224 e. The number of rotatable bonds is 9. The van der Waals surface area contributed by atoms with E-state index < -0.39 is 0 Å². The highest BCUT2D eigenvalue weighted by Gasteiger charge is 2.15. The van der Waals surface area contributed by atoms with Crippen molar-refractivity contribution in [2.45, 2.75) is 30.4 Å². The maximum atomic E-state index is 12.3. The lowest BCUT2D eigenvalue weighted by Gasteiger charge is -2.11. The summed E-state index contributed by atoms with van der Waals surface area (Å²) in [6.07, 6.45) is 0.366. The quantitative estimate of drug-likeness (QED) is 0.343. The van der Waals surface area contributed by atoms with Crippen LogP contribution in [0.2, 0.25) is 5.02 Å². The highest BCUT2D eigenvalue weighted by molar-refractivity contribution is 7.98. The number of thioether (sulfide) groups is 1. The Kier molecular flexibility index (Phi) is 7.40. The topological polar surface area (TPSA) is 59.8 Å². The van der Waals surface area contributed by atoms with Gasteiger partial charge in [0, 0.05) is 10.8 Å². The van der Waals surface area contributed by atoms with E-state index in [1.807, 2.05) is 59.3 Å². The van der Waals surface area contributed by atoms with Gasteiger partial charge < -0.3 is 9.88 Å². The molecule has 8 heteroatoms. The van der Waals surface area contributed by atoms with E-state index in [9.17, 15) is 4.79 Å². The predicted molar refractivity (Wildman–Crippen MR) is 126 cm³/mol. The number of carbonyl (C=O) groups is 1. The Labute approximate surface area is 194 Å². The van der Waals surface area contributed by atoms with Crippen LogP contribution in [0.4, 0.5) is 0 Å². The number of carbonyl (C=O) groups excluding carboxylic acids is 1. The minimum absolute atomic E-state index is 0.0297. The van der Waals surface area contributed by atoms with Crippen LogP contribution >= 0.6 is 34.7 Å². The molecule has 0 fully saturated rings. The van der Waals surface area contributed by atoms with E-state index in [0.29, 0.717) is 25.3 Å². The van der Waals surface area contributed by atoms with Crippen molar-refractivity contribution in [1.29, 1.82) is 0 Å². The van der Waals surface area contributed by atoms with E-state index in [0.717, 1.165) is 32.7 Å². The van der Waals surface area contributed by atoms with Gasteiger partial charge in [0.15, 0.2) is 11.0 Å². The zero-order valence-electron chi connectivity index (χ0n) is 16.7. The maximum absolute atomic E-state index is 12.3. The van der Waals surface area contributed by atoms with Crippen molar-refractivity contribution in [3.05, 3.63) is 99.0 Å². The summed E-state index contributed by atoms with van der Waals surface area (Å²) in [4.78, 5) is 12.3. The monoisotopic (exact) mass is 468 g/mol. The van der Waals surface area contributed by atoms with Crippen LogP contribution in [0.3, 0.4) is 0 Å². The summed E-state index contributed by atoms with van der Waals surface area (Å²) < 4.78 is 2.06. The Balaban J connectivity index is 1.48. The van der Waals surface area contributed by atoms with Crippen LogP contribution in [0.15, 0.2) is 76.6 Å². The van der Waals surface area contributed by atoms with Crippen LogP contribution < -0.4 is 5.32 Å². The van der Waals surface area contributed by atoms with Crippen molar-refractivity contribution < 1.29 is 4.79 Å². The molecule has 0 aliphatic heterocycles. The van der Waals surface area contributed by atoms with Gasteiger partial charge in [-0.3, -0.25) is 4.79 Å². The lowest BCUT2D eigenvalue weighted by Crippen LogP contribution is -2.26. The molecule has 0 spiro atoms. The van der Waals surface area contributed by atoms with Gasteiger partial charge in [-0.25, -0.2) is 0 Å². The van der Waals surface area contributed by atoms with Crippen molar-refractivity contribution in [2.75, 3.05) is 0 Å². The molecule has 0 aliphatic rings. The number of nitrogens with zero attached hydrogens (tertiary/aromatic N) is 3. The number of nitrogens with one attached hydrogen (secondary N) is 1. The average Bonchev–Trinajstić information content (AvgIpc) is 3.42. The number of hydrogen-bond donors (Lipinski definition) is 1. The number of benzene rings is 2.